The minimum Gasteiger partial charge on any atom is -0.267 e. The third-order valence-electron chi connectivity index (χ3n) is 2.47. The second-order valence-corrected chi connectivity index (χ2v) is 3.65. The van der Waals surface area contributed by atoms with Crippen molar-refractivity contribution in [2.75, 3.05) is 0 Å². The summed E-state index contributed by atoms with van der Waals surface area (Å²) in [5.41, 5.74) is -0.259. The van der Waals surface area contributed by atoms with Gasteiger partial charge in [-0.2, -0.15) is 0 Å². The summed E-state index contributed by atoms with van der Waals surface area (Å²) in [7, 11) is 0. The predicted octanol–water partition coefficient (Wildman–Crippen LogP) is 0.885. The van der Waals surface area contributed by atoms with Crippen LogP contribution in [-0.2, 0) is 6.54 Å². The van der Waals surface area contributed by atoms with Gasteiger partial charge in [0.2, 0.25) is 0 Å². The van der Waals surface area contributed by atoms with E-state index in [1.54, 1.807) is 12.1 Å². The molecule has 0 aliphatic carbocycles. The van der Waals surface area contributed by atoms with Gasteiger partial charge in [-0.15, -0.1) is 0 Å². The fourth-order valence-corrected chi connectivity index (χ4v) is 1.59. The van der Waals surface area contributed by atoms with Crippen LogP contribution in [0.5, 0.6) is 0 Å². The Morgan fingerprint density at radius 3 is 3.00 bits per heavy atom. The number of aromatic amines is 1. The van der Waals surface area contributed by atoms with Crippen LogP contribution in [-0.4, -0.2) is 14.8 Å². The van der Waals surface area contributed by atoms with Gasteiger partial charge < -0.3 is 0 Å². The van der Waals surface area contributed by atoms with Gasteiger partial charge in [-0.25, -0.2) is 4.68 Å². The fourth-order valence-electron chi connectivity index (χ4n) is 1.59. The highest BCUT2D eigenvalue weighted by molar-refractivity contribution is 5.75. The first kappa shape index (κ1) is 10.6. The number of aromatic nitrogens is 3. The summed E-state index contributed by atoms with van der Waals surface area (Å²) in [6.45, 7) is 2.56. The number of hydrogen-bond acceptors (Lipinski definition) is 3. The summed E-state index contributed by atoms with van der Waals surface area (Å²) in [6, 6.07) is 3.25. The Balaban J connectivity index is 2.66. The lowest BCUT2D eigenvalue weighted by Crippen LogP contribution is -2.30. The second kappa shape index (κ2) is 4.30. The fraction of sp³-hybridized carbons (Fsp3) is 0.364. The molecular weight excluding hydrogens is 206 g/mol. The van der Waals surface area contributed by atoms with Crippen molar-refractivity contribution in [1.29, 1.82) is 0 Å². The van der Waals surface area contributed by atoms with E-state index in [4.69, 9.17) is 0 Å². The first-order valence-electron chi connectivity index (χ1n) is 5.32. The molecule has 0 fully saturated rings. The zero-order valence-electron chi connectivity index (χ0n) is 9.06. The quantitative estimate of drug-likeness (QED) is 0.833. The van der Waals surface area contributed by atoms with Crippen LogP contribution >= 0.6 is 0 Å². The highest BCUT2D eigenvalue weighted by Crippen LogP contribution is 1.98. The van der Waals surface area contributed by atoms with E-state index in [1.165, 1.54) is 10.9 Å². The van der Waals surface area contributed by atoms with Crippen molar-refractivity contribution in [2.24, 2.45) is 0 Å². The number of nitrogens with zero attached hydrogens (tertiary/aromatic N) is 2. The van der Waals surface area contributed by atoms with E-state index in [9.17, 15) is 9.59 Å². The number of hydrogen-bond donors (Lipinski definition) is 1. The molecule has 5 heteroatoms. The van der Waals surface area contributed by atoms with Gasteiger partial charge in [0.05, 0.1) is 5.39 Å². The molecule has 0 aliphatic rings. The summed E-state index contributed by atoms with van der Waals surface area (Å²) in [5, 5.41) is 2.91. The average molecular weight is 219 g/mol. The van der Waals surface area contributed by atoms with Gasteiger partial charge in [0.15, 0.2) is 0 Å². The van der Waals surface area contributed by atoms with Crippen LogP contribution in [0.3, 0.4) is 0 Å². The molecule has 2 rings (SSSR count). The van der Waals surface area contributed by atoms with Crippen LogP contribution in [0.15, 0.2) is 27.9 Å². The molecule has 0 aromatic carbocycles. The standard InChI is InChI=1S/C11H13N3O2/c1-2-3-7-14-11(16)9-8(10(15)13-14)5-4-6-12-9/h4-6H,2-3,7H2,1H3,(H,13,15). The van der Waals surface area contributed by atoms with Gasteiger partial charge in [0.1, 0.15) is 5.52 Å². The number of nitrogens with one attached hydrogen (secondary N) is 1. The van der Waals surface area contributed by atoms with Crippen LogP contribution in [0.25, 0.3) is 10.9 Å². The molecular formula is C11H13N3O2. The van der Waals surface area contributed by atoms with E-state index in [0.29, 0.717) is 11.9 Å². The Hall–Kier alpha value is -1.91. The van der Waals surface area contributed by atoms with Crippen molar-refractivity contribution in [3.05, 3.63) is 39.0 Å². The monoisotopic (exact) mass is 219 g/mol. The maximum absolute atomic E-state index is 11.9. The number of H-pyrrole nitrogens is 1. The highest BCUT2D eigenvalue weighted by atomic mass is 16.2. The number of unbranched alkanes of at least 4 members (excludes halogenated alkanes) is 1. The van der Waals surface area contributed by atoms with Crippen LogP contribution in [0.2, 0.25) is 0 Å². The molecule has 2 heterocycles. The highest BCUT2D eigenvalue weighted by Gasteiger charge is 2.06. The van der Waals surface area contributed by atoms with Crippen molar-refractivity contribution in [3.8, 4) is 0 Å². The molecule has 1 N–H and O–H groups in total. The Labute approximate surface area is 91.7 Å². The lowest BCUT2D eigenvalue weighted by molar-refractivity contribution is 0.541. The smallest absolute Gasteiger partial charge is 0.267 e. The molecule has 0 radical (unpaired) electrons. The lowest BCUT2D eigenvalue weighted by Gasteiger charge is -2.04. The van der Waals surface area contributed by atoms with E-state index >= 15 is 0 Å². The zero-order valence-corrected chi connectivity index (χ0v) is 9.06. The molecule has 0 aliphatic heterocycles. The minimum atomic E-state index is -0.265. The number of aryl methyl sites for hydroxylation is 1. The van der Waals surface area contributed by atoms with Gasteiger partial charge in [-0.05, 0) is 18.6 Å². The normalized spacial score (nSPS) is 10.8. The molecule has 0 spiro atoms. The average Bonchev–Trinajstić information content (AvgIpc) is 2.32. The van der Waals surface area contributed by atoms with Crippen LogP contribution in [0, 0.1) is 0 Å². The number of pyridine rings is 1. The molecule has 0 saturated carbocycles. The van der Waals surface area contributed by atoms with Crippen LogP contribution in [0.1, 0.15) is 19.8 Å². The number of rotatable bonds is 3. The zero-order chi connectivity index (χ0) is 11.5. The van der Waals surface area contributed by atoms with Crippen molar-refractivity contribution >= 4 is 10.9 Å². The summed E-state index contributed by atoms with van der Waals surface area (Å²) in [4.78, 5) is 27.5. The van der Waals surface area contributed by atoms with E-state index in [0.717, 1.165) is 12.8 Å². The predicted molar refractivity (Wildman–Crippen MR) is 61.5 cm³/mol. The molecule has 0 amide bonds. The molecule has 0 saturated heterocycles. The first-order chi connectivity index (χ1) is 7.74. The first-order valence-corrected chi connectivity index (χ1v) is 5.32. The summed E-state index contributed by atoms with van der Waals surface area (Å²) < 4.78 is 1.33. The van der Waals surface area contributed by atoms with Gasteiger partial charge in [0, 0.05) is 12.7 Å². The van der Waals surface area contributed by atoms with Crippen molar-refractivity contribution in [3.63, 3.8) is 0 Å². The summed E-state index contributed by atoms with van der Waals surface area (Å²) in [5.74, 6) is 0. The van der Waals surface area contributed by atoms with E-state index in [-0.39, 0.29) is 16.6 Å². The van der Waals surface area contributed by atoms with Crippen LogP contribution in [0.4, 0.5) is 0 Å². The molecule has 0 atom stereocenters. The van der Waals surface area contributed by atoms with Crippen molar-refractivity contribution in [2.45, 2.75) is 26.3 Å². The van der Waals surface area contributed by atoms with Gasteiger partial charge in [-0.1, -0.05) is 13.3 Å². The van der Waals surface area contributed by atoms with Crippen molar-refractivity contribution in [1.82, 2.24) is 14.8 Å². The van der Waals surface area contributed by atoms with Gasteiger partial charge >= 0.3 is 0 Å². The Morgan fingerprint density at radius 2 is 2.25 bits per heavy atom. The molecule has 84 valence electrons. The number of fused-ring (bicyclic) bond motifs is 1. The molecule has 0 bridgehead atoms. The Bertz CT molecular complexity index is 612. The molecule has 16 heavy (non-hydrogen) atoms. The maximum Gasteiger partial charge on any atom is 0.291 e. The SMILES string of the molecule is CCCCn1[nH]c(=O)c2cccnc2c1=O. The third-order valence-corrected chi connectivity index (χ3v) is 2.47. The minimum absolute atomic E-state index is 0.233. The van der Waals surface area contributed by atoms with Crippen LogP contribution < -0.4 is 11.1 Å². The van der Waals surface area contributed by atoms with Crippen molar-refractivity contribution < 1.29 is 0 Å². The largest absolute Gasteiger partial charge is 0.291 e. The van der Waals surface area contributed by atoms with Gasteiger partial charge in [0.25, 0.3) is 11.1 Å². The third kappa shape index (κ3) is 1.76. The molecule has 0 unspecified atom stereocenters. The molecule has 2 aromatic heterocycles. The van der Waals surface area contributed by atoms with E-state index in [1.807, 2.05) is 6.92 Å². The molecule has 2 aromatic rings. The van der Waals surface area contributed by atoms with E-state index < -0.39 is 0 Å². The Morgan fingerprint density at radius 1 is 1.44 bits per heavy atom. The maximum atomic E-state index is 11.9. The molecule has 5 nitrogen and oxygen atoms in total. The topological polar surface area (TPSA) is 67.8 Å². The Kier molecular flexibility index (Phi) is 2.85. The van der Waals surface area contributed by atoms with Gasteiger partial charge in [-0.3, -0.25) is 19.7 Å². The summed E-state index contributed by atoms with van der Waals surface area (Å²) in [6.07, 6.45) is 3.34. The second-order valence-electron chi connectivity index (χ2n) is 3.65. The lowest BCUT2D eigenvalue weighted by atomic mass is 10.3. The summed E-state index contributed by atoms with van der Waals surface area (Å²) >= 11 is 0. The van der Waals surface area contributed by atoms with E-state index in [2.05, 4.69) is 10.1 Å².